The molecule has 0 aliphatic heterocycles. The summed E-state index contributed by atoms with van der Waals surface area (Å²) in [5.41, 5.74) is 7.31. The van der Waals surface area contributed by atoms with Gasteiger partial charge in [-0.25, -0.2) is 0 Å². The van der Waals surface area contributed by atoms with E-state index in [1.165, 1.54) is 16.3 Å². The second-order valence-electron chi connectivity index (χ2n) is 5.58. The van der Waals surface area contributed by atoms with Crippen molar-refractivity contribution in [3.05, 3.63) is 42.0 Å². The van der Waals surface area contributed by atoms with E-state index in [1.807, 2.05) is 6.07 Å². The quantitative estimate of drug-likeness (QED) is 0.882. The van der Waals surface area contributed by atoms with Crippen LogP contribution in [0.15, 0.2) is 36.4 Å². The molecule has 0 fully saturated rings. The van der Waals surface area contributed by atoms with Crippen molar-refractivity contribution in [2.45, 2.75) is 32.4 Å². The normalized spacial score (nSPS) is 14.4. The van der Waals surface area contributed by atoms with Gasteiger partial charge in [0.25, 0.3) is 0 Å². The highest BCUT2D eigenvalue weighted by atomic mass is 16.5. The van der Waals surface area contributed by atoms with Crippen LogP contribution in [0.4, 0.5) is 0 Å². The first-order chi connectivity index (χ1) is 10.1. The van der Waals surface area contributed by atoms with E-state index in [-0.39, 0.29) is 6.04 Å². The zero-order chi connectivity index (χ0) is 15.4. The van der Waals surface area contributed by atoms with Crippen molar-refractivity contribution in [1.29, 1.82) is 0 Å². The molecule has 0 aliphatic rings. The Morgan fingerprint density at radius 1 is 1.19 bits per heavy atom. The van der Waals surface area contributed by atoms with E-state index in [2.05, 4.69) is 56.1 Å². The summed E-state index contributed by atoms with van der Waals surface area (Å²) in [6.45, 7) is 5.01. The molecule has 2 unspecified atom stereocenters. The van der Waals surface area contributed by atoms with Crippen molar-refractivity contribution < 1.29 is 4.74 Å². The zero-order valence-electron chi connectivity index (χ0n) is 13.5. The molecule has 2 atom stereocenters. The minimum Gasteiger partial charge on any atom is -0.496 e. The maximum atomic E-state index is 6.12. The molecule has 0 amide bonds. The highest BCUT2D eigenvalue weighted by molar-refractivity contribution is 5.88. The number of likely N-dealkylation sites (N-methyl/N-ethyl adjacent to an activating group) is 1. The van der Waals surface area contributed by atoms with E-state index in [9.17, 15) is 0 Å². The molecule has 0 radical (unpaired) electrons. The zero-order valence-corrected chi connectivity index (χ0v) is 13.5. The van der Waals surface area contributed by atoms with Crippen LogP contribution in [0.5, 0.6) is 5.75 Å². The topological polar surface area (TPSA) is 38.5 Å². The Labute approximate surface area is 127 Å². The monoisotopic (exact) mass is 286 g/mol. The standard InChI is InChI=1S/C18H26N2O/c1-5-13(2)20(3)16(12-19)18-15-9-7-6-8-14(15)10-11-17(18)21-4/h6-11,13,16H,5,12,19H2,1-4H3. The summed E-state index contributed by atoms with van der Waals surface area (Å²) in [6, 6.07) is 13.2. The van der Waals surface area contributed by atoms with Crippen LogP contribution in [0.2, 0.25) is 0 Å². The Bertz CT molecular complexity index is 597. The van der Waals surface area contributed by atoms with Gasteiger partial charge in [-0.1, -0.05) is 37.3 Å². The van der Waals surface area contributed by atoms with E-state index in [1.54, 1.807) is 7.11 Å². The summed E-state index contributed by atoms with van der Waals surface area (Å²) in [5, 5.41) is 2.45. The summed E-state index contributed by atoms with van der Waals surface area (Å²) in [5.74, 6) is 0.916. The minimum absolute atomic E-state index is 0.154. The Hall–Kier alpha value is -1.58. The van der Waals surface area contributed by atoms with E-state index >= 15 is 0 Å². The van der Waals surface area contributed by atoms with Crippen LogP contribution in [-0.2, 0) is 0 Å². The molecule has 0 aliphatic carbocycles. The van der Waals surface area contributed by atoms with Gasteiger partial charge in [0.05, 0.1) is 13.2 Å². The molecule has 2 aromatic rings. The Morgan fingerprint density at radius 3 is 2.52 bits per heavy atom. The van der Waals surface area contributed by atoms with E-state index < -0.39 is 0 Å². The average molecular weight is 286 g/mol. The fraction of sp³-hybridized carbons (Fsp3) is 0.444. The summed E-state index contributed by atoms with van der Waals surface area (Å²) in [4.78, 5) is 2.35. The van der Waals surface area contributed by atoms with Crippen molar-refractivity contribution >= 4 is 10.8 Å². The Morgan fingerprint density at radius 2 is 1.90 bits per heavy atom. The van der Waals surface area contributed by atoms with Crippen molar-refractivity contribution in [1.82, 2.24) is 4.90 Å². The Balaban J connectivity index is 2.60. The molecular weight excluding hydrogens is 260 g/mol. The molecule has 3 heteroatoms. The molecule has 114 valence electrons. The lowest BCUT2D eigenvalue weighted by Crippen LogP contribution is -2.37. The second-order valence-corrected chi connectivity index (χ2v) is 5.58. The van der Waals surface area contributed by atoms with Gasteiger partial charge in [-0.05, 0) is 37.2 Å². The first kappa shape index (κ1) is 15.8. The van der Waals surface area contributed by atoms with Crippen molar-refractivity contribution in [2.75, 3.05) is 20.7 Å². The van der Waals surface area contributed by atoms with Gasteiger partial charge in [0.15, 0.2) is 0 Å². The molecule has 0 spiro atoms. The minimum atomic E-state index is 0.154. The molecule has 2 rings (SSSR count). The van der Waals surface area contributed by atoms with E-state index in [0.717, 1.165) is 12.2 Å². The van der Waals surface area contributed by atoms with Crippen LogP contribution in [0.3, 0.4) is 0 Å². The molecule has 0 heterocycles. The number of nitrogens with zero attached hydrogens (tertiary/aromatic N) is 1. The highest BCUT2D eigenvalue weighted by Crippen LogP contribution is 2.36. The van der Waals surface area contributed by atoms with Crippen LogP contribution in [0.1, 0.15) is 31.9 Å². The summed E-state index contributed by atoms with van der Waals surface area (Å²) >= 11 is 0. The SMILES string of the molecule is CCC(C)N(C)C(CN)c1c(OC)ccc2ccccc12. The number of methoxy groups -OCH3 is 1. The molecule has 21 heavy (non-hydrogen) atoms. The lowest BCUT2D eigenvalue weighted by molar-refractivity contribution is 0.182. The number of hydrogen-bond donors (Lipinski definition) is 1. The second kappa shape index (κ2) is 6.92. The van der Waals surface area contributed by atoms with Crippen molar-refractivity contribution in [3.8, 4) is 5.75 Å². The first-order valence-electron chi connectivity index (χ1n) is 7.61. The van der Waals surface area contributed by atoms with Crippen LogP contribution >= 0.6 is 0 Å². The predicted molar refractivity (Wildman–Crippen MR) is 89.8 cm³/mol. The van der Waals surface area contributed by atoms with Crippen LogP contribution in [-0.4, -0.2) is 31.6 Å². The maximum absolute atomic E-state index is 6.12. The van der Waals surface area contributed by atoms with Gasteiger partial charge in [0, 0.05) is 18.2 Å². The molecule has 0 bridgehead atoms. The lowest BCUT2D eigenvalue weighted by Gasteiger charge is -2.33. The number of ether oxygens (including phenoxy) is 1. The molecule has 0 saturated heterocycles. The number of benzene rings is 2. The number of hydrogen-bond acceptors (Lipinski definition) is 3. The summed E-state index contributed by atoms with van der Waals surface area (Å²) in [7, 11) is 3.87. The van der Waals surface area contributed by atoms with Gasteiger partial charge in [-0.2, -0.15) is 0 Å². The average Bonchev–Trinajstić information content (AvgIpc) is 2.54. The molecule has 2 N–H and O–H groups in total. The lowest BCUT2D eigenvalue weighted by atomic mass is 9.95. The Kier molecular flexibility index (Phi) is 5.21. The fourth-order valence-corrected chi connectivity index (χ4v) is 2.88. The predicted octanol–water partition coefficient (Wildman–Crippen LogP) is 3.58. The smallest absolute Gasteiger partial charge is 0.124 e. The number of fused-ring (bicyclic) bond motifs is 1. The number of nitrogens with two attached hydrogens (primary N) is 1. The van der Waals surface area contributed by atoms with Gasteiger partial charge in [0.1, 0.15) is 5.75 Å². The van der Waals surface area contributed by atoms with E-state index in [0.29, 0.717) is 12.6 Å². The van der Waals surface area contributed by atoms with Crippen LogP contribution < -0.4 is 10.5 Å². The third-order valence-electron chi connectivity index (χ3n) is 4.48. The van der Waals surface area contributed by atoms with Crippen molar-refractivity contribution in [2.24, 2.45) is 5.73 Å². The van der Waals surface area contributed by atoms with Crippen LogP contribution in [0, 0.1) is 0 Å². The van der Waals surface area contributed by atoms with Gasteiger partial charge in [-0.3, -0.25) is 4.90 Å². The molecule has 3 nitrogen and oxygen atoms in total. The third kappa shape index (κ3) is 3.04. The van der Waals surface area contributed by atoms with Crippen molar-refractivity contribution in [3.63, 3.8) is 0 Å². The van der Waals surface area contributed by atoms with Gasteiger partial charge < -0.3 is 10.5 Å². The fourth-order valence-electron chi connectivity index (χ4n) is 2.88. The van der Waals surface area contributed by atoms with Gasteiger partial charge in [0.2, 0.25) is 0 Å². The maximum Gasteiger partial charge on any atom is 0.124 e. The summed E-state index contributed by atoms with van der Waals surface area (Å²) in [6.07, 6.45) is 1.10. The number of rotatable bonds is 6. The molecular formula is C18H26N2O. The van der Waals surface area contributed by atoms with Gasteiger partial charge >= 0.3 is 0 Å². The molecule has 2 aromatic carbocycles. The largest absolute Gasteiger partial charge is 0.496 e. The molecule has 0 saturated carbocycles. The summed E-state index contributed by atoms with van der Waals surface area (Å²) < 4.78 is 5.62. The molecule has 0 aromatic heterocycles. The highest BCUT2D eigenvalue weighted by Gasteiger charge is 2.24. The third-order valence-corrected chi connectivity index (χ3v) is 4.48. The van der Waals surface area contributed by atoms with E-state index in [4.69, 9.17) is 10.5 Å². The first-order valence-corrected chi connectivity index (χ1v) is 7.61. The van der Waals surface area contributed by atoms with Crippen LogP contribution in [0.25, 0.3) is 10.8 Å². The van der Waals surface area contributed by atoms with Gasteiger partial charge in [-0.15, -0.1) is 0 Å².